The fourth-order valence-electron chi connectivity index (χ4n) is 0.756. The van der Waals surface area contributed by atoms with Crippen molar-refractivity contribution in [3.05, 3.63) is 0 Å². The van der Waals surface area contributed by atoms with Crippen molar-refractivity contribution in [3.8, 4) is 0 Å². The molecule has 72 valence electrons. The molecule has 0 aliphatic rings. The molecular formula is C8H17NO3. The van der Waals surface area contributed by atoms with Crippen molar-refractivity contribution in [3.63, 3.8) is 0 Å². The highest BCUT2D eigenvalue weighted by atomic mass is 16.5. The Bertz CT molecular complexity index is 143. The van der Waals surface area contributed by atoms with Gasteiger partial charge in [0.05, 0.1) is 12.7 Å². The first-order valence-electron chi connectivity index (χ1n) is 3.90. The quantitative estimate of drug-likeness (QED) is 0.610. The second-order valence-electron chi connectivity index (χ2n) is 2.93. The number of ether oxygens (including phenoxy) is 2. The summed E-state index contributed by atoms with van der Waals surface area (Å²) < 4.78 is 9.65. The van der Waals surface area contributed by atoms with Crippen LogP contribution < -0.4 is 5.73 Å². The monoisotopic (exact) mass is 175 g/mol. The van der Waals surface area contributed by atoms with Gasteiger partial charge < -0.3 is 15.2 Å². The van der Waals surface area contributed by atoms with Crippen LogP contribution in [-0.4, -0.2) is 32.3 Å². The fraction of sp³-hybridized carbons (Fsp3) is 0.875. The molecule has 0 saturated carbocycles. The van der Waals surface area contributed by atoms with Gasteiger partial charge in [-0.05, 0) is 13.3 Å². The third-order valence-electron chi connectivity index (χ3n) is 2.01. The van der Waals surface area contributed by atoms with E-state index in [1.54, 1.807) is 7.11 Å². The van der Waals surface area contributed by atoms with Crippen LogP contribution in [0.5, 0.6) is 0 Å². The Morgan fingerprint density at radius 2 is 2.08 bits per heavy atom. The summed E-state index contributed by atoms with van der Waals surface area (Å²) in [6.07, 6.45) is 0.935. The minimum absolute atomic E-state index is 0.230. The Hall–Kier alpha value is -0.610. The summed E-state index contributed by atoms with van der Waals surface area (Å²) >= 11 is 0. The first kappa shape index (κ1) is 11.4. The van der Waals surface area contributed by atoms with Crippen LogP contribution in [-0.2, 0) is 14.3 Å². The van der Waals surface area contributed by atoms with E-state index in [9.17, 15) is 4.79 Å². The topological polar surface area (TPSA) is 61.5 Å². The highest BCUT2D eigenvalue weighted by Crippen LogP contribution is 2.14. The molecule has 0 amide bonds. The lowest BCUT2D eigenvalue weighted by Gasteiger charge is -2.25. The molecule has 4 nitrogen and oxygen atoms in total. The van der Waals surface area contributed by atoms with E-state index in [0.717, 1.165) is 0 Å². The van der Waals surface area contributed by atoms with Gasteiger partial charge in [-0.15, -0.1) is 0 Å². The molecule has 0 aromatic heterocycles. The number of hydrogen-bond acceptors (Lipinski definition) is 4. The lowest BCUT2D eigenvalue weighted by Crippen LogP contribution is -2.37. The van der Waals surface area contributed by atoms with Crippen molar-refractivity contribution in [1.29, 1.82) is 0 Å². The molecule has 0 fully saturated rings. The Labute approximate surface area is 73.0 Å². The average molecular weight is 175 g/mol. The maximum atomic E-state index is 10.8. The molecule has 0 aliphatic carbocycles. The van der Waals surface area contributed by atoms with E-state index >= 15 is 0 Å². The molecule has 2 N–H and O–H groups in total. The molecule has 0 spiro atoms. The molecule has 0 bridgehead atoms. The highest BCUT2D eigenvalue weighted by molar-refractivity contribution is 5.69. The van der Waals surface area contributed by atoms with E-state index < -0.39 is 5.60 Å². The minimum Gasteiger partial charge on any atom is -0.469 e. The third kappa shape index (κ3) is 3.69. The van der Waals surface area contributed by atoms with Gasteiger partial charge in [-0.2, -0.15) is 0 Å². The summed E-state index contributed by atoms with van der Waals surface area (Å²) in [5.74, 6) is -0.230. The zero-order valence-corrected chi connectivity index (χ0v) is 7.92. The number of rotatable bonds is 5. The Kier molecular flexibility index (Phi) is 4.85. The van der Waals surface area contributed by atoms with Crippen LogP contribution >= 0.6 is 0 Å². The van der Waals surface area contributed by atoms with E-state index in [2.05, 4.69) is 4.74 Å². The number of methoxy groups -OCH3 is 2. The summed E-state index contributed by atoms with van der Waals surface area (Å²) in [5.41, 5.74) is 5.06. The average Bonchev–Trinajstić information content (AvgIpc) is 2.13. The summed E-state index contributed by atoms with van der Waals surface area (Å²) in [6.45, 7) is 2.27. The van der Waals surface area contributed by atoms with Crippen LogP contribution in [0.2, 0.25) is 0 Å². The highest BCUT2D eigenvalue weighted by Gasteiger charge is 2.22. The Morgan fingerprint density at radius 1 is 1.50 bits per heavy atom. The van der Waals surface area contributed by atoms with Crippen LogP contribution in [0.3, 0.4) is 0 Å². The van der Waals surface area contributed by atoms with Gasteiger partial charge in [0, 0.05) is 20.1 Å². The molecule has 4 heteroatoms. The molecule has 1 unspecified atom stereocenters. The molecule has 0 heterocycles. The van der Waals surface area contributed by atoms with Gasteiger partial charge in [0.1, 0.15) is 0 Å². The zero-order valence-electron chi connectivity index (χ0n) is 7.92. The molecule has 0 aromatic carbocycles. The standard InChI is InChI=1S/C8H17NO3/c1-8(6-9,12-3)5-4-7(10)11-2/h4-6,9H2,1-3H3. The van der Waals surface area contributed by atoms with Crippen molar-refractivity contribution in [2.75, 3.05) is 20.8 Å². The van der Waals surface area contributed by atoms with Crippen molar-refractivity contribution in [1.82, 2.24) is 0 Å². The van der Waals surface area contributed by atoms with E-state index in [4.69, 9.17) is 10.5 Å². The molecule has 0 saturated heterocycles. The van der Waals surface area contributed by atoms with Crippen molar-refractivity contribution in [2.24, 2.45) is 5.73 Å². The molecule has 0 aromatic rings. The van der Waals surface area contributed by atoms with Gasteiger partial charge in [0.15, 0.2) is 0 Å². The summed E-state index contributed by atoms with van der Waals surface area (Å²) in [4.78, 5) is 10.8. The Balaban J connectivity index is 3.80. The van der Waals surface area contributed by atoms with Crippen molar-refractivity contribution >= 4 is 5.97 Å². The molecule has 1 atom stereocenters. The van der Waals surface area contributed by atoms with Crippen LogP contribution in [0, 0.1) is 0 Å². The number of hydrogen-bond donors (Lipinski definition) is 1. The molecule has 0 aliphatic heterocycles. The maximum absolute atomic E-state index is 10.8. The predicted octanol–water partition coefficient (Wildman–Crippen LogP) is 0.303. The third-order valence-corrected chi connectivity index (χ3v) is 2.01. The molecular weight excluding hydrogens is 158 g/mol. The molecule has 0 radical (unpaired) electrons. The lowest BCUT2D eigenvalue weighted by atomic mass is 10.0. The van der Waals surface area contributed by atoms with Gasteiger partial charge in [-0.25, -0.2) is 0 Å². The minimum atomic E-state index is -0.409. The van der Waals surface area contributed by atoms with Crippen LogP contribution in [0.15, 0.2) is 0 Å². The summed E-state index contributed by atoms with van der Waals surface area (Å²) in [5, 5.41) is 0. The van der Waals surface area contributed by atoms with Gasteiger partial charge >= 0.3 is 5.97 Å². The van der Waals surface area contributed by atoms with E-state index in [1.807, 2.05) is 6.92 Å². The number of esters is 1. The van der Waals surface area contributed by atoms with Crippen LogP contribution in [0.4, 0.5) is 0 Å². The van der Waals surface area contributed by atoms with E-state index in [1.165, 1.54) is 7.11 Å². The second-order valence-corrected chi connectivity index (χ2v) is 2.93. The van der Waals surface area contributed by atoms with Crippen LogP contribution in [0.25, 0.3) is 0 Å². The van der Waals surface area contributed by atoms with Gasteiger partial charge in [-0.1, -0.05) is 0 Å². The molecule has 12 heavy (non-hydrogen) atoms. The number of carbonyl (C=O) groups is 1. The Morgan fingerprint density at radius 3 is 2.42 bits per heavy atom. The normalized spacial score (nSPS) is 15.3. The van der Waals surface area contributed by atoms with E-state index in [-0.39, 0.29) is 5.97 Å². The fourth-order valence-corrected chi connectivity index (χ4v) is 0.756. The number of carbonyl (C=O) groups excluding carboxylic acids is 1. The van der Waals surface area contributed by atoms with Crippen molar-refractivity contribution in [2.45, 2.75) is 25.4 Å². The van der Waals surface area contributed by atoms with E-state index in [0.29, 0.717) is 19.4 Å². The van der Waals surface area contributed by atoms with Gasteiger partial charge in [0.25, 0.3) is 0 Å². The summed E-state index contributed by atoms with van der Waals surface area (Å²) in [6, 6.07) is 0. The zero-order chi connectivity index (χ0) is 9.61. The largest absolute Gasteiger partial charge is 0.469 e. The predicted molar refractivity (Wildman–Crippen MR) is 45.7 cm³/mol. The van der Waals surface area contributed by atoms with Crippen LogP contribution in [0.1, 0.15) is 19.8 Å². The summed E-state index contributed by atoms with van der Waals surface area (Å²) in [7, 11) is 2.96. The lowest BCUT2D eigenvalue weighted by molar-refractivity contribution is -0.142. The maximum Gasteiger partial charge on any atom is 0.305 e. The molecule has 0 rings (SSSR count). The van der Waals surface area contributed by atoms with Gasteiger partial charge in [0.2, 0.25) is 0 Å². The van der Waals surface area contributed by atoms with Gasteiger partial charge in [-0.3, -0.25) is 4.79 Å². The van der Waals surface area contributed by atoms with Crippen molar-refractivity contribution < 1.29 is 14.3 Å². The second kappa shape index (κ2) is 5.11. The number of nitrogens with two attached hydrogens (primary N) is 1. The SMILES string of the molecule is COC(=O)CCC(C)(CN)OC. The first-order valence-corrected chi connectivity index (χ1v) is 3.90. The first-order chi connectivity index (χ1) is 5.58. The smallest absolute Gasteiger partial charge is 0.305 e.